The molecule has 0 fully saturated rings. The van der Waals surface area contributed by atoms with E-state index < -0.39 is 12.1 Å². The number of carbonyl (C=O) groups excluding carboxylic acids is 2. The first kappa shape index (κ1) is 26.0. The van der Waals surface area contributed by atoms with Gasteiger partial charge in [0, 0.05) is 26.5 Å². The van der Waals surface area contributed by atoms with Crippen LogP contribution < -0.4 is 29.7 Å². The maximum absolute atomic E-state index is 13.8. The Morgan fingerprint density at radius 3 is 2.63 bits per heavy atom. The molecule has 0 aliphatic carbocycles. The van der Waals surface area contributed by atoms with Crippen molar-refractivity contribution in [3.05, 3.63) is 74.9 Å². The molecule has 0 aromatic heterocycles. The van der Waals surface area contributed by atoms with E-state index in [1.165, 1.54) is 5.01 Å². The normalized spacial score (nSPS) is 15.5. The molecule has 10 heteroatoms. The summed E-state index contributed by atoms with van der Waals surface area (Å²) in [4.78, 5) is 27.2. The van der Waals surface area contributed by atoms with E-state index in [1.807, 2.05) is 44.2 Å². The average Bonchev–Trinajstić information content (AvgIpc) is 3.40. The number of anilines is 1. The molecule has 38 heavy (non-hydrogen) atoms. The third kappa shape index (κ3) is 5.31. The van der Waals surface area contributed by atoms with Crippen molar-refractivity contribution in [2.75, 3.05) is 25.3 Å². The first-order chi connectivity index (χ1) is 18.5. The van der Waals surface area contributed by atoms with Crippen LogP contribution in [0.4, 0.5) is 5.69 Å². The molecular weight excluding hydrogens is 601 g/mol. The van der Waals surface area contributed by atoms with Crippen LogP contribution in [0.25, 0.3) is 0 Å². The fraction of sp³-hybridized carbons (Fsp3) is 0.286. The zero-order valence-electron chi connectivity index (χ0n) is 21.1. The molecule has 2 heterocycles. The SMILES string of the molecule is CCCOc1ccc([C@H]2Nc3ccc(I)cc3C(=O)N2NC(=O)c2ccc3c(c2)OCO3)c(OCCC)c1. The number of rotatable bonds is 9. The molecule has 0 spiro atoms. The number of nitrogens with one attached hydrogen (secondary N) is 2. The van der Waals surface area contributed by atoms with Crippen LogP contribution in [0.15, 0.2) is 54.6 Å². The highest BCUT2D eigenvalue weighted by Crippen LogP contribution is 2.39. The molecule has 2 amide bonds. The summed E-state index contributed by atoms with van der Waals surface area (Å²) in [5, 5.41) is 4.73. The Hall–Kier alpha value is -3.67. The highest BCUT2D eigenvalue weighted by atomic mass is 127. The summed E-state index contributed by atoms with van der Waals surface area (Å²) < 4.78 is 23.6. The largest absolute Gasteiger partial charge is 0.493 e. The summed E-state index contributed by atoms with van der Waals surface area (Å²) in [5.41, 5.74) is 4.96. The quantitative estimate of drug-likeness (QED) is 0.302. The van der Waals surface area contributed by atoms with E-state index in [0.29, 0.717) is 58.6 Å². The Balaban J connectivity index is 1.52. The molecule has 198 valence electrons. The van der Waals surface area contributed by atoms with Crippen LogP contribution in [0.2, 0.25) is 0 Å². The second-order valence-electron chi connectivity index (χ2n) is 8.82. The van der Waals surface area contributed by atoms with Crippen molar-refractivity contribution in [2.24, 2.45) is 0 Å². The van der Waals surface area contributed by atoms with Crippen LogP contribution in [-0.4, -0.2) is 36.8 Å². The second-order valence-corrected chi connectivity index (χ2v) is 10.1. The van der Waals surface area contributed by atoms with Crippen molar-refractivity contribution in [1.82, 2.24) is 10.4 Å². The maximum Gasteiger partial charge on any atom is 0.276 e. The summed E-state index contributed by atoms with van der Waals surface area (Å²) >= 11 is 2.16. The number of benzene rings is 3. The zero-order valence-corrected chi connectivity index (χ0v) is 23.2. The van der Waals surface area contributed by atoms with Gasteiger partial charge in [-0.25, -0.2) is 5.01 Å². The number of halogens is 1. The van der Waals surface area contributed by atoms with Gasteiger partial charge in [0.25, 0.3) is 11.8 Å². The van der Waals surface area contributed by atoms with Gasteiger partial charge in [0.2, 0.25) is 6.79 Å². The second kappa shape index (κ2) is 11.4. The molecule has 2 aliphatic heterocycles. The summed E-state index contributed by atoms with van der Waals surface area (Å²) in [6, 6.07) is 16.0. The number of carbonyl (C=O) groups is 2. The van der Waals surface area contributed by atoms with Crippen molar-refractivity contribution >= 4 is 40.1 Å². The van der Waals surface area contributed by atoms with E-state index >= 15 is 0 Å². The fourth-order valence-electron chi connectivity index (χ4n) is 4.21. The van der Waals surface area contributed by atoms with E-state index in [2.05, 4.69) is 33.3 Å². The van der Waals surface area contributed by atoms with Gasteiger partial charge in [0.15, 0.2) is 17.7 Å². The first-order valence-electron chi connectivity index (χ1n) is 12.5. The van der Waals surface area contributed by atoms with Crippen LogP contribution in [0.5, 0.6) is 23.0 Å². The predicted molar refractivity (Wildman–Crippen MR) is 150 cm³/mol. The monoisotopic (exact) mass is 629 g/mol. The first-order valence-corrected chi connectivity index (χ1v) is 13.6. The van der Waals surface area contributed by atoms with Gasteiger partial charge < -0.3 is 24.3 Å². The molecule has 0 saturated carbocycles. The van der Waals surface area contributed by atoms with E-state index in [-0.39, 0.29) is 12.7 Å². The van der Waals surface area contributed by atoms with Gasteiger partial charge in [0.05, 0.1) is 18.8 Å². The lowest BCUT2D eigenvalue weighted by molar-refractivity contribution is 0.0487. The van der Waals surface area contributed by atoms with Crippen molar-refractivity contribution in [1.29, 1.82) is 0 Å². The highest BCUT2D eigenvalue weighted by Gasteiger charge is 2.36. The number of fused-ring (bicyclic) bond motifs is 2. The van der Waals surface area contributed by atoms with Crippen LogP contribution in [0.1, 0.15) is 59.1 Å². The van der Waals surface area contributed by atoms with Gasteiger partial charge in [-0.2, -0.15) is 0 Å². The van der Waals surface area contributed by atoms with E-state index in [9.17, 15) is 9.59 Å². The van der Waals surface area contributed by atoms with Crippen molar-refractivity contribution in [3.8, 4) is 23.0 Å². The molecule has 0 bridgehead atoms. The van der Waals surface area contributed by atoms with Crippen LogP contribution >= 0.6 is 22.6 Å². The Labute approximate surface area is 234 Å². The molecule has 5 rings (SSSR count). The van der Waals surface area contributed by atoms with E-state index in [1.54, 1.807) is 24.3 Å². The number of amides is 2. The van der Waals surface area contributed by atoms with Gasteiger partial charge in [-0.15, -0.1) is 0 Å². The van der Waals surface area contributed by atoms with Crippen molar-refractivity contribution in [3.63, 3.8) is 0 Å². The molecule has 2 aliphatic rings. The lowest BCUT2D eigenvalue weighted by Crippen LogP contribution is -2.53. The van der Waals surface area contributed by atoms with E-state index in [0.717, 1.165) is 16.4 Å². The number of ether oxygens (including phenoxy) is 4. The van der Waals surface area contributed by atoms with Crippen LogP contribution in [0, 0.1) is 3.57 Å². The van der Waals surface area contributed by atoms with Gasteiger partial charge in [-0.05, 0) is 84.0 Å². The predicted octanol–water partition coefficient (Wildman–Crippen LogP) is 5.51. The molecule has 0 radical (unpaired) electrons. The highest BCUT2D eigenvalue weighted by molar-refractivity contribution is 14.1. The lowest BCUT2D eigenvalue weighted by Gasteiger charge is -2.38. The van der Waals surface area contributed by atoms with Gasteiger partial charge >= 0.3 is 0 Å². The molecular formula is C28H28IN3O6. The minimum absolute atomic E-state index is 0.102. The Morgan fingerprint density at radius 2 is 1.82 bits per heavy atom. The molecule has 2 N–H and O–H groups in total. The summed E-state index contributed by atoms with van der Waals surface area (Å²) in [6.07, 6.45) is 0.948. The maximum atomic E-state index is 13.8. The van der Waals surface area contributed by atoms with Gasteiger partial charge in [-0.1, -0.05) is 13.8 Å². The van der Waals surface area contributed by atoms with Gasteiger partial charge in [-0.3, -0.25) is 15.0 Å². The minimum Gasteiger partial charge on any atom is -0.493 e. The smallest absolute Gasteiger partial charge is 0.276 e. The lowest BCUT2D eigenvalue weighted by atomic mass is 10.0. The zero-order chi connectivity index (χ0) is 26.6. The summed E-state index contributed by atoms with van der Waals surface area (Å²) in [5.74, 6) is 1.49. The third-order valence-electron chi connectivity index (χ3n) is 6.05. The number of hydrogen-bond acceptors (Lipinski definition) is 7. The molecule has 9 nitrogen and oxygen atoms in total. The minimum atomic E-state index is -0.736. The van der Waals surface area contributed by atoms with Crippen LogP contribution in [-0.2, 0) is 0 Å². The molecule has 3 aromatic carbocycles. The topological polar surface area (TPSA) is 98.4 Å². The fourth-order valence-corrected chi connectivity index (χ4v) is 4.70. The molecule has 0 saturated heterocycles. The summed E-state index contributed by atoms with van der Waals surface area (Å²) in [6.45, 7) is 5.24. The number of nitrogens with zero attached hydrogens (tertiary/aromatic N) is 1. The third-order valence-corrected chi connectivity index (χ3v) is 6.72. The summed E-state index contributed by atoms with van der Waals surface area (Å²) in [7, 11) is 0. The van der Waals surface area contributed by atoms with Crippen molar-refractivity contribution < 1.29 is 28.5 Å². The van der Waals surface area contributed by atoms with Crippen molar-refractivity contribution in [2.45, 2.75) is 32.9 Å². The molecule has 0 unspecified atom stereocenters. The van der Waals surface area contributed by atoms with Gasteiger partial charge in [0.1, 0.15) is 11.5 Å². The van der Waals surface area contributed by atoms with E-state index in [4.69, 9.17) is 18.9 Å². The molecule has 1 atom stereocenters. The Bertz CT molecular complexity index is 1360. The standard InChI is InChI=1S/C28H28IN3O6/c1-3-11-35-19-7-8-20(24(15-19)36-12-4-2)26-30-22-9-6-18(29)14-21(22)28(34)32(26)31-27(33)17-5-10-23-25(13-17)38-16-37-23/h5-10,13-15,26,30H,3-4,11-12,16H2,1-2H3,(H,31,33)/t26-/m0/s1. The molecule has 3 aromatic rings. The average molecular weight is 629 g/mol. The number of hydrazine groups is 1. The Kier molecular flexibility index (Phi) is 7.77. The Morgan fingerprint density at radius 1 is 1.03 bits per heavy atom. The number of hydrogen-bond donors (Lipinski definition) is 2. The van der Waals surface area contributed by atoms with Crippen LogP contribution in [0.3, 0.4) is 0 Å².